The molecule has 1 aromatic heterocycles. The molecule has 2 heterocycles. The maximum absolute atomic E-state index is 13.0. The highest BCUT2D eigenvalue weighted by atomic mass is 16.5. The van der Waals surface area contributed by atoms with Crippen molar-refractivity contribution in [3.8, 4) is 0 Å². The molecule has 1 atom stereocenters. The van der Waals surface area contributed by atoms with E-state index in [4.69, 9.17) is 4.74 Å². The molecule has 10 heteroatoms. The van der Waals surface area contributed by atoms with Crippen molar-refractivity contribution >= 4 is 29.7 Å². The van der Waals surface area contributed by atoms with Gasteiger partial charge in [0.25, 0.3) is 17.7 Å². The number of ether oxygens (including phenoxy) is 1. The molecule has 0 radical (unpaired) electrons. The first-order valence-corrected chi connectivity index (χ1v) is 9.59. The second-order valence-electron chi connectivity index (χ2n) is 6.99. The topological polar surface area (TPSA) is 127 Å². The number of aryl methyl sites for hydroxylation is 1. The molecule has 1 unspecified atom stereocenters. The summed E-state index contributed by atoms with van der Waals surface area (Å²) in [6.07, 6.45) is 1.93. The van der Waals surface area contributed by atoms with E-state index in [1.54, 1.807) is 56.6 Å². The standard InChI is InChI=1S/C21H22N4O6/c1-3-21(14-8-5-4-6-9-14)19(29)25(20(30)23-21)12-17(27)31-13-16(26)22-18(28)15-10-7-11-24(15)2/h4-11H,3,12-13H2,1-2H3,(H,23,30)(H,22,26,28). The van der Waals surface area contributed by atoms with Crippen LogP contribution in [0.5, 0.6) is 0 Å². The highest BCUT2D eigenvalue weighted by Crippen LogP contribution is 2.32. The second-order valence-corrected chi connectivity index (χ2v) is 6.99. The summed E-state index contributed by atoms with van der Waals surface area (Å²) in [5.74, 6) is -3.00. The van der Waals surface area contributed by atoms with Crippen LogP contribution in [-0.2, 0) is 31.7 Å². The molecule has 0 spiro atoms. The Morgan fingerprint density at radius 1 is 1.10 bits per heavy atom. The van der Waals surface area contributed by atoms with E-state index in [0.717, 1.165) is 4.90 Å². The van der Waals surface area contributed by atoms with E-state index in [2.05, 4.69) is 10.6 Å². The Kier molecular flexibility index (Phi) is 6.19. The molecule has 0 bridgehead atoms. The molecule has 1 aliphatic rings. The van der Waals surface area contributed by atoms with Crippen molar-refractivity contribution in [2.75, 3.05) is 13.2 Å². The fourth-order valence-electron chi connectivity index (χ4n) is 3.38. The van der Waals surface area contributed by atoms with Gasteiger partial charge in [-0.1, -0.05) is 37.3 Å². The predicted molar refractivity (Wildman–Crippen MR) is 108 cm³/mol. The highest BCUT2D eigenvalue weighted by molar-refractivity contribution is 6.09. The summed E-state index contributed by atoms with van der Waals surface area (Å²) in [6, 6.07) is 11.2. The number of carbonyl (C=O) groups excluding carboxylic acids is 5. The summed E-state index contributed by atoms with van der Waals surface area (Å²) < 4.78 is 6.36. The van der Waals surface area contributed by atoms with Crippen molar-refractivity contribution in [1.29, 1.82) is 0 Å². The molecule has 1 fully saturated rings. The van der Waals surface area contributed by atoms with E-state index in [1.165, 1.54) is 10.6 Å². The summed E-state index contributed by atoms with van der Waals surface area (Å²) in [4.78, 5) is 62.1. The molecule has 2 N–H and O–H groups in total. The number of aromatic nitrogens is 1. The van der Waals surface area contributed by atoms with Gasteiger partial charge in [0.05, 0.1) is 0 Å². The maximum Gasteiger partial charge on any atom is 0.326 e. The number of imide groups is 2. The number of nitrogens with one attached hydrogen (secondary N) is 2. The summed E-state index contributed by atoms with van der Waals surface area (Å²) in [5, 5.41) is 4.75. The minimum absolute atomic E-state index is 0.260. The Balaban J connectivity index is 1.57. The Morgan fingerprint density at radius 2 is 1.81 bits per heavy atom. The third-order valence-electron chi connectivity index (χ3n) is 5.05. The zero-order chi connectivity index (χ0) is 22.6. The van der Waals surface area contributed by atoms with Crippen molar-refractivity contribution in [2.24, 2.45) is 7.05 Å². The fraction of sp³-hybridized carbons (Fsp3) is 0.286. The number of esters is 1. The molecule has 0 saturated carbocycles. The lowest BCUT2D eigenvalue weighted by molar-refractivity contribution is -0.151. The van der Waals surface area contributed by atoms with Crippen molar-refractivity contribution < 1.29 is 28.7 Å². The van der Waals surface area contributed by atoms with Gasteiger partial charge in [-0.3, -0.25) is 29.4 Å². The van der Waals surface area contributed by atoms with Crippen molar-refractivity contribution in [3.05, 3.63) is 59.9 Å². The summed E-state index contributed by atoms with van der Waals surface area (Å²) in [6.45, 7) is 0.371. The highest BCUT2D eigenvalue weighted by Gasteiger charge is 2.51. The van der Waals surface area contributed by atoms with Crippen LogP contribution in [0.3, 0.4) is 0 Å². The number of benzene rings is 1. The molecule has 10 nitrogen and oxygen atoms in total. The normalized spacial score (nSPS) is 17.9. The van der Waals surface area contributed by atoms with Crippen LogP contribution in [0.1, 0.15) is 29.4 Å². The van der Waals surface area contributed by atoms with Crippen LogP contribution in [0.15, 0.2) is 48.7 Å². The van der Waals surface area contributed by atoms with E-state index in [-0.39, 0.29) is 12.1 Å². The lowest BCUT2D eigenvalue weighted by Gasteiger charge is -2.25. The first kappa shape index (κ1) is 21.8. The average Bonchev–Trinajstić information content (AvgIpc) is 3.29. The Morgan fingerprint density at radius 3 is 2.42 bits per heavy atom. The monoisotopic (exact) mass is 426 g/mol. The SMILES string of the molecule is CCC1(c2ccccc2)NC(=O)N(CC(=O)OCC(=O)NC(=O)c2cccn2C)C1=O. The quantitative estimate of drug-likeness (QED) is 0.495. The largest absolute Gasteiger partial charge is 0.454 e. The zero-order valence-electron chi connectivity index (χ0n) is 17.1. The van der Waals surface area contributed by atoms with E-state index in [9.17, 15) is 24.0 Å². The zero-order valence-corrected chi connectivity index (χ0v) is 17.1. The number of hydrogen-bond acceptors (Lipinski definition) is 6. The maximum atomic E-state index is 13.0. The Hall–Kier alpha value is -3.95. The van der Waals surface area contributed by atoms with E-state index >= 15 is 0 Å². The van der Waals surface area contributed by atoms with Gasteiger partial charge >= 0.3 is 12.0 Å². The number of rotatable bonds is 7. The van der Waals surface area contributed by atoms with Crippen LogP contribution >= 0.6 is 0 Å². The molecule has 162 valence electrons. The lowest BCUT2D eigenvalue weighted by Crippen LogP contribution is -2.44. The molecule has 1 aromatic carbocycles. The van der Waals surface area contributed by atoms with E-state index in [0.29, 0.717) is 5.56 Å². The smallest absolute Gasteiger partial charge is 0.326 e. The molecular weight excluding hydrogens is 404 g/mol. The minimum Gasteiger partial charge on any atom is -0.454 e. The predicted octanol–water partition coefficient (Wildman–Crippen LogP) is 0.682. The van der Waals surface area contributed by atoms with Gasteiger partial charge in [-0.2, -0.15) is 0 Å². The second kappa shape index (κ2) is 8.82. The van der Waals surface area contributed by atoms with Gasteiger partial charge in [-0.15, -0.1) is 0 Å². The summed E-state index contributed by atoms with van der Waals surface area (Å²) in [5.41, 5.74) is -0.404. The van der Waals surface area contributed by atoms with Crippen LogP contribution < -0.4 is 10.6 Å². The van der Waals surface area contributed by atoms with E-state index in [1.807, 2.05) is 0 Å². The number of hydrogen-bond donors (Lipinski definition) is 2. The molecule has 1 aliphatic heterocycles. The first-order chi connectivity index (χ1) is 14.8. The first-order valence-electron chi connectivity index (χ1n) is 9.59. The molecule has 2 aromatic rings. The van der Waals surface area contributed by atoms with Crippen LogP contribution in [0.4, 0.5) is 4.79 Å². The third-order valence-corrected chi connectivity index (χ3v) is 5.05. The van der Waals surface area contributed by atoms with Gasteiger partial charge in [0, 0.05) is 13.2 Å². The summed E-state index contributed by atoms with van der Waals surface area (Å²) in [7, 11) is 1.64. The number of urea groups is 1. The molecule has 3 rings (SSSR count). The molecular formula is C21H22N4O6. The van der Waals surface area contributed by atoms with Crippen LogP contribution in [0.2, 0.25) is 0 Å². The Labute approximate surface area is 178 Å². The van der Waals surface area contributed by atoms with Gasteiger partial charge < -0.3 is 14.6 Å². The Bertz CT molecular complexity index is 1030. The molecule has 31 heavy (non-hydrogen) atoms. The van der Waals surface area contributed by atoms with Gasteiger partial charge in [0.1, 0.15) is 17.8 Å². The van der Waals surface area contributed by atoms with Crippen LogP contribution in [0.25, 0.3) is 0 Å². The third kappa shape index (κ3) is 4.32. The molecule has 1 saturated heterocycles. The van der Waals surface area contributed by atoms with Crippen molar-refractivity contribution in [1.82, 2.24) is 20.1 Å². The number of carbonyl (C=O) groups is 5. The van der Waals surface area contributed by atoms with Gasteiger partial charge in [0.15, 0.2) is 6.61 Å². The van der Waals surface area contributed by atoms with Crippen molar-refractivity contribution in [3.63, 3.8) is 0 Å². The average molecular weight is 426 g/mol. The number of amides is 5. The van der Waals surface area contributed by atoms with Gasteiger partial charge in [0.2, 0.25) is 0 Å². The van der Waals surface area contributed by atoms with Gasteiger partial charge in [-0.25, -0.2) is 4.79 Å². The molecule has 5 amide bonds. The fourth-order valence-corrected chi connectivity index (χ4v) is 3.38. The molecule has 0 aliphatic carbocycles. The minimum atomic E-state index is -1.27. The number of nitrogens with zero attached hydrogens (tertiary/aromatic N) is 2. The summed E-state index contributed by atoms with van der Waals surface area (Å²) >= 11 is 0. The van der Waals surface area contributed by atoms with Gasteiger partial charge in [-0.05, 0) is 24.1 Å². The van der Waals surface area contributed by atoms with E-state index < -0.39 is 48.4 Å². The lowest BCUT2D eigenvalue weighted by atomic mass is 9.87. The van der Waals surface area contributed by atoms with Crippen LogP contribution in [-0.4, -0.2) is 52.3 Å². The van der Waals surface area contributed by atoms with Crippen LogP contribution in [0, 0.1) is 0 Å². The van der Waals surface area contributed by atoms with Crippen molar-refractivity contribution in [2.45, 2.75) is 18.9 Å².